The van der Waals surface area contributed by atoms with Gasteiger partial charge >= 0.3 is 0 Å². The molecule has 2 N–H and O–H groups in total. The van der Waals surface area contributed by atoms with E-state index in [-0.39, 0.29) is 12.5 Å². The first kappa shape index (κ1) is 16.1. The first-order valence-electron chi connectivity index (χ1n) is 7.47. The number of hydrogen-bond donors (Lipinski definition) is 2. The van der Waals surface area contributed by atoms with Gasteiger partial charge in [0.1, 0.15) is 6.33 Å². The lowest BCUT2D eigenvalue weighted by Gasteiger charge is -2.16. The van der Waals surface area contributed by atoms with E-state index in [1.54, 1.807) is 18.2 Å². The summed E-state index contributed by atoms with van der Waals surface area (Å²) in [7, 11) is 0. The van der Waals surface area contributed by atoms with Gasteiger partial charge in [-0.15, -0.1) is 5.10 Å². The maximum absolute atomic E-state index is 12.4. The Hall–Kier alpha value is -2.28. The second-order valence-electron chi connectivity index (χ2n) is 5.15. The van der Waals surface area contributed by atoms with E-state index in [1.807, 2.05) is 6.07 Å². The zero-order valence-electron chi connectivity index (χ0n) is 12.6. The lowest BCUT2D eigenvalue weighted by molar-refractivity contribution is 0.0942. The molecule has 7 heteroatoms. The molecule has 118 valence electrons. The Morgan fingerprint density at radius 1 is 1.36 bits per heavy atom. The van der Waals surface area contributed by atoms with Gasteiger partial charge in [0.05, 0.1) is 11.3 Å². The number of tetrazole rings is 1. The molecule has 0 fully saturated rings. The summed E-state index contributed by atoms with van der Waals surface area (Å²) in [5.41, 5.74) is 1.16. The van der Waals surface area contributed by atoms with Crippen LogP contribution in [0.25, 0.3) is 5.69 Å². The summed E-state index contributed by atoms with van der Waals surface area (Å²) < 4.78 is 1.46. The van der Waals surface area contributed by atoms with E-state index in [1.165, 1.54) is 11.0 Å². The molecule has 0 aliphatic rings. The highest BCUT2D eigenvalue weighted by atomic mass is 16.3. The molecule has 1 atom stereocenters. The largest absolute Gasteiger partial charge is 0.396 e. The monoisotopic (exact) mass is 303 g/mol. The molecule has 0 saturated heterocycles. The number of nitrogens with zero attached hydrogens (tertiary/aromatic N) is 4. The van der Waals surface area contributed by atoms with Crippen molar-refractivity contribution in [2.24, 2.45) is 5.92 Å². The van der Waals surface area contributed by atoms with Crippen molar-refractivity contribution in [2.75, 3.05) is 13.2 Å². The number of para-hydroxylation sites is 1. The number of carbonyl (C=O) groups is 1. The van der Waals surface area contributed by atoms with Gasteiger partial charge in [-0.3, -0.25) is 4.79 Å². The zero-order chi connectivity index (χ0) is 15.8. The Kier molecular flexibility index (Phi) is 6.02. The summed E-state index contributed by atoms with van der Waals surface area (Å²) >= 11 is 0. The molecule has 0 aliphatic heterocycles. The average Bonchev–Trinajstić information content (AvgIpc) is 3.07. The normalized spacial score (nSPS) is 12.1. The molecule has 0 spiro atoms. The maximum Gasteiger partial charge on any atom is 0.253 e. The molecule has 0 radical (unpaired) electrons. The van der Waals surface area contributed by atoms with E-state index in [0.29, 0.717) is 30.1 Å². The third-order valence-electron chi connectivity index (χ3n) is 3.53. The summed E-state index contributed by atoms with van der Waals surface area (Å²) in [6, 6.07) is 7.18. The number of benzene rings is 1. The van der Waals surface area contributed by atoms with Gasteiger partial charge in [-0.2, -0.15) is 4.68 Å². The van der Waals surface area contributed by atoms with Gasteiger partial charge in [-0.05, 0) is 41.3 Å². The fraction of sp³-hybridized carbons (Fsp3) is 0.467. The van der Waals surface area contributed by atoms with E-state index < -0.39 is 0 Å². The van der Waals surface area contributed by atoms with Gasteiger partial charge < -0.3 is 10.4 Å². The standard InChI is InChI=1S/C15H21N5O2/c1-2-5-12(8-9-21)10-16-15(22)13-6-3-4-7-14(13)20-11-17-18-19-20/h3-4,6-7,11-12,21H,2,5,8-10H2,1H3,(H,16,22). The predicted octanol–water partition coefficient (Wildman–Crippen LogP) is 1.19. The fourth-order valence-corrected chi connectivity index (χ4v) is 2.41. The molecular formula is C15H21N5O2. The van der Waals surface area contributed by atoms with Gasteiger partial charge in [0, 0.05) is 13.2 Å². The van der Waals surface area contributed by atoms with Crippen molar-refractivity contribution in [1.82, 2.24) is 25.5 Å². The quantitative estimate of drug-likeness (QED) is 0.764. The summed E-state index contributed by atoms with van der Waals surface area (Å²) in [6.45, 7) is 2.79. The Morgan fingerprint density at radius 2 is 2.18 bits per heavy atom. The molecule has 0 saturated carbocycles. The Bertz CT molecular complexity index is 579. The highest BCUT2D eigenvalue weighted by molar-refractivity contribution is 5.97. The van der Waals surface area contributed by atoms with E-state index in [4.69, 9.17) is 5.11 Å². The molecule has 2 aromatic rings. The maximum atomic E-state index is 12.4. The highest BCUT2D eigenvalue weighted by Gasteiger charge is 2.15. The van der Waals surface area contributed by atoms with E-state index in [2.05, 4.69) is 27.8 Å². The van der Waals surface area contributed by atoms with Crippen molar-refractivity contribution < 1.29 is 9.90 Å². The molecule has 22 heavy (non-hydrogen) atoms. The first-order valence-corrected chi connectivity index (χ1v) is 7.47. The van der Waals surface area contributed by atoms with E-state index in [9.17, 15) is 4.79 Å². The van der Waals surface area contributed by atoms with Gasteiger partial charge in [0.2, 0.25) is 0 Å². The smallest absolute Gasteiger partial charge is 0.253 e. The number of rotatable bonds is 8. The van der Waals surface area contributed by atoms with Crippen molar-refractivity contribution in [3.05, 3.63) is 36.2 Å². The minimum absolute atomic E-state index is 0.141. The molecular weight excluding hydrogens is 282 g/mol. The number of nitrogens with one attached hydrogen (secondary N) is 1. The first-order chi connectivity index (χ1) is 10.8. The van der Waals surface area contributed by atoms with Crippen LogP contribution < -0.4 is 5.32 Å². The van der Waals surface area contributed by atoms with E-state index in [0.717, 1.165) is 12.8 Å². The van der Waals surface area contributed by atoms with Crippen LogP contribution in [0.2, 0.25) is 0 Å². The molecule has 1 aromatic carbocycles. The second-order valence-corrected chi connectivity index (χ2v) is 5.15. The number of hydrogen-bond acceptors (Lipinski definition) is 5. The number of aliphatic hydroxyl groups is 1. The van der Waals surface area contributed by atoms with Crippen LogP contribution in [0.5, 0.6) is 0 Å². The van der Waals surface area contributed by atoms with Crippen LogP contribution in [0.3, 0.4) is 0 Å². The summed E-state index contributed by atoms with van der Waals surface area (Å²) in [4.78, 5) is 12.4. The van der Waals surface area contributed by atoms with Crippen molar-refractivity contribution in [3.8, 4) is 5.69 Å². The SMILES string of the molecule is CCCC(CCO)CNC(=O)c1ccccc1-n1cnnn1. The highest BCUT2D eigenvalue weighted by Crippen LogP contribution is 2.14. The molecule has 0 aliphatic carbocycles. The zero-order valence-corrected chi connectivity index (χ0v) is 12.6. The van der Waals surface area contributed by atoms with Crippen LogP contribution in [0.15, 0.2) is 30.6 Å². The minimum Gasteiger partial charge on any atom is -0.396 e. The Balaban J connectivity index is 2.07. The number of amides is 1. The number of aliphatic hydroxyl groups excluding tert-OH is 1. The van der Waals surface area contributed by atoms with Crippen LogP contribution >= 0.6 is 0 Å². The lowest BCUT2D eigenvalue weighted by atomic mass is 10.00. The third kappa shape index (κ3) is 4.11. The Morgan fingerprint density at radius 3 is 2.86 bits per heavy atom. The second kappa shape index (κ2) is 8.23. The van der Waals surface area contributed by atoms with Crippen LogP contribution in [0.1, 0.15) is 36.5 Å². The molecule has 1 heterocycles. The van der Waals surface area contributed by atoms with Crippen molar-refractivity contribution in [3.63, 3.8) is 0 Å². The van der Waals surface area contributed by atoms with Crippen molar-refractivity contribution in [1.29, 1.82) is 0 Å². The van der Waals surface area contributed by atoms with Crippen molar-refractivity contribution in [2.45, 2.75) is 26.2 Å². The lowest BCUT2D eigenvalue weighted by Crippen LogP contribution is -2.30. The van der Waals surface area contributed by atoms with Crippen LogP contribution in [-0.4, -0.2) is 44.4 Å². The average molecular weight is 303 g/mol. The van der Waals surface area contributed by atoms with Gasteiger partial charge in [0.25, 0.3) is 5.91 Å². The molecule has 1 amide bonds. The van der Waals surface area contributed by atoms with E-state index >= 15 is 0 Å². The Labute approximate surface area is 129 Å². The molecule has 1 aromatic heterocycles. The summed E-state index contributed by atoms with van der Waals surface area (Å²) in [5.74, 6) is 0.129. The van der Waals surface area contributed by atoms with Crippen LogP contribution in [0, 0.1) is 5.92 Å². The summed E-state index contributed by atoms with van der Waals surface area (Å²) in [5, 5.41) is 23.0. The number of carbonyl (C=O) groups excluding carboxylic acids is 1. The predicted molar refractivity (Wildman–Crippen MR) is 81.6 cm³/mol. The van der Waals surface area contributed by atoms with Crippen molar-refractivity contribution >= 4 is 5.91 Å². The molecule has 1 unspecified atom stereocenters. The number of aromatic nitrogens is 4. The van der Waals surface area contributed by atoms with Gasteiger partial charge in [-0.1, -0.05) is 25.5 Å². The third-order valence-corrected chi connectivity index (χ3v) is 3.53. The molecule has 7 nitrogen and oxygen atoms in total. The van der Waals surface area contributed by atoms with Crippen LogP contribution in [-0.2, 0) is 0 Å². The topological polar surface area (TPSA) is 92.9 Å². The molecule has 0 bridgehead atoms. The summed E-state index contributed by atoms with van der Waals surface area (Å²) in [6.07, 6.45) is 4.16. The van der Waals surface area contributed by atoms with Gasteiger partial charge in [-0.25, -0.2) is 0 Å². The van der Waals surface area contributed by atoms with Gasteiger partial charge in [0.15, 0.2) is 0 Å². The molecule has 2 rings (SSSR count). The van der Waals surface area contributed by atoms with Crippen LogP contribution in [0.4, 0.5) is 0 Å². The fourth-order valence-electron chi connectivity index (χ4n) is 2.41. The minimum atomic E-state index is -0.162.